The number of hydrogen-bond acceptors (Lipinski definition) is 5. The molecule has 0 aliphatic carbocycles. The molecule has 0 fully saturated rings. The minimum absolute atomic E-state index is 0.0310. The molecule has 3 aromatic carbocycles. The largest absolute Gasteiger partial charge is 0.494 e. The number of carbonyl (C=O) groups is 2. The Morgan fingerprint density at radius 1 is 0.750 bits per heavy atom. The second-order valence-electron chi connectivity index (χ2n) is 11.5. The lowest BCUT2D eigenvalue weighted by molar-refractivity contribution is -0.688. The Balaban J connectivity index is 1.25. The van der Waals surface area contributed by atoms with Gasteiger partial charge in [0, 0.05) is 49.5 Å². The maximum atomic E-state index is 12.9. The van der Waals surface area contributed by atoms with Crippen molar-refractivity contribution in [3.63, 3.8) is 0 Å². The first-order chi connectivity index (χ1) is 21.3. The molecule has 0 atom stereocenters. The molecule has 44 heavy (non-hydrogen) atoms. The molecule has 0 aliphatic heterocycles. The molecule has 6 nitrogen and oxygen atoms in total. The Kier molecular flexibility index (Phi) is 12.1. The SMILES string of the molecule is CCCCCCCCOc1ccc(C(=O)Cc2ccc(OC(=O)c3ccc(C[n+]4ccc(N(C)C)cc4)cc3)c(C)c2)cc1. The van der Waals surface area contributed by atoms with Crippen molar-refractivity contribution in [2.75, 3.05) is 25.6 Å². The van der Waals surface area contributed by atoms with Crippen molar-refractivity contribution >= 4 is 17.4 Å². The van der Waals surface area contributed by atoms with Gasteiger partial charge in [0.05, 0.1) is 12.2 Å². The second-order valence-corrected chi connectivity index (χ2v) is 11.5. The first-order valence-corrected chi connectivity index (χ1v) is 15.7. The van der Waals surface area contributed by atoms with E-state index in [0.29, 0.717) is 30.0 Å². The highest BCUT2D eigenvalue weighted by molar-refractivity contribution is 5.97. The number of hydrogen-bond donors (Lipinski definition) is 0. The van der Waals surface area contributed by atoms with E-state index in [1.54, 1.807) is 18.2 Å². The number of ketones is 1. The smallest absolute Gasteiger partial charge is 0.343 e. The van der Waals surface area contributed by atoms with Gasteiger partial charge >= 0.3 is 5.97 Å². The first-order valence-electron chi connectivity index (χ1n) is 15.7. The van der Waals surface area contributed by atoms with Crippen LogP contribution in [0.5, 0.6) is 11.5 Å². The first kappa shape index (κ1) is 32.5. The van der Waals surface area contributed by atoms with Crippen LogP contribution in [0.15, 0.2) is 91.3 Å². The van der Waals surface area contributed by atoms with Crippen molar-refractivity contribution in [2.24, 2.45) is 0 Å². The van der Waals surface area contributed by atoms with Crippen LogP contribution in [0.2, 0.25) is 0 Å². The monoisotopic (exact) mass is 593 g/mol. The summed E-state index contributed by atoms with van der Waals surface area (Å²) in [5.41, 5.74) is 5.04. The Bertz CT molecular complexity index is 1490. The molecular weight excluding hydrogens is 548 g/mol. The van der Waals surface area contributed by atoms with E-state index < -0.39 is 5.97 Å². The molecule has 0 radical (unpaired) electrons. The zero-order valence-corrected chi connectivity index (χ0v) is 26.6. The van der Waals surface area contributed by atoms with Gasteiger partial charge in [-0.15, -0.1) is 0 Å². The summed E-state index contributed by atoms with van der Waals surface area (Å²) in [5, 5.41) is 0. The number of esters is 1. The molecule has 4 aromatic rings. The van der Waals surface area contributed by atoms with Crippen LogP contribution in [0.1, 0.15) is 82.9 Å². The summed E-state index contributed by atoms with van der Waals surface area (Å²) in [7, 11) is 4.03. The van der Waals surface area contributed by atoms with E-state index in [-0.39, 0.29) is 12.2 Å². The predicted molar refractivity (Wildman–Crippen MR) is 176 cm³/mol. The molecule has 4 rings (SSSR count). The van der Waals surface area contributed by atoms with Gasteiger partial charge in [-0.25, -0.2) is 9.36 Å². The summed E-state index contributed by atoms with van der Waals surface area (Å²) in [6.45, 7) is 5.52. The van der Waals surface area contributed by atoms with Crippen LogP contribution in [0.25, 0.3) is 0 Å². The van der Waals surface area contributed by atoms with Gasteiger partial charge in [0.15, 0.2) is 24.7 Å². The average Bonchev–Trinajstić information content (AvgIpc) is 3.03. The maximum Gasteiger partial charge on any atom is 0.343 e. The maximum absolute atomic E-state index is 12.9. The van der Waals surface area contributed by atoms with E-state index in [2.05, 4.69) is 28.5 Å². The molecule has 230 valence electrons. The molecule has 0 unspecified atom stereocenters. The molecule has 1 heterocycles. The van der Waals surface area contributed by atoms with Crippen molar-refractivity contribution in [3.8, 4) is 11.5 Å². The van der Waals surface area contributed by atoms with Gasteiger partial charge in [-0.3, -0.25) is 4.79 Å². The number of anilines is 1. The minimum atomic E-state index is -0.412. The van der Waals surface area contributed by atoms with Gasteiger partial charge in [0.2, 0.25) is 0 Å². The highest BCUT2D eigenvalue weighted by atomic mass is 16.5. The molecule has 1 aromatic heterocycles. The van der Waals surface area contributed by atoms with Gasteiger partial charge in [-0.05, 0) is 66.9 Å². The van der Waals surface area contributed by atoms with Crippen molar-refractivity contribution in [2.45, 2.75) is 65.3 Å². The Hall–Kier alpha value is -4.45. The zero-order valence-electron chi connectivity index (χ0n) is 26.6. The zero-order chi connectivity index (χ0) is 31.3. The third kappa shape index (κ3) is 9.80. The van der Waals surface area contributed by atoms with Crippen molar-refractivity contribution in [1.29, 1.82) is 0 Å². The average molecular weight is 594 g/mol. The van der Waals surface area contributed by atoms with E-state index in [0.717, 1.165) is 34.5 Å². The standard InChI is InChI=1S/C38H45N2O4/c1-5-6-7-8-9-10-25-43-35-18-16-32(17-19-35)36(41)27-31-13-20-37(29(2)26-31)44-38(42)33-14-11-30(12-15-33)28-40-23-21-34(22-24-40)39(3)4/h11-24,26H,5-10,25,27-28H2,1-4H3/q+1. The number of rotatable bonds is 16. The number of pyridine rings is 1. The normalized spacial score (nSPS) is 10.8. The summed E-state index contributed by atoms with van der Waals surface area (Å²) in [6.07, 6.45) is 11.7. The van der Waals surface area contributed by atoms with E-state index in [1.807, 2.05) is 81.9 Å². The lowest BCUT2D eigenvalue weighted by Gasteiger charge is -2.11. The predicted octanol–water partition coefficient (Wildman–Crippen LogP) is 7.78. The molecule has 0 saturated carbocycles. The third-order valence-electron chi connectivity index (χ3n) is 7.69. The number of unbranched alkanes of at least 4 members (excludes halogenated alkanes) is 5. The van der Waals surface area contributed by atoms with Crippen LogP contribution in [0.3, 0.4) is 0 Å². The van der Waals surface area contributed by atoms with Crippen LogP contribution < -0.4 is 18.9 Å². The fourth-order valence-electron chi connectivity index (χ4n) is 5.00. The third-order valence-corrected chi connectivity index (χ3v) is 7.69. The highest BCUT2D eigenvalue weighted by Gasteiger charge is 2.14. The number of aryl methyl sites for hydroxylation is 1. The Morgan fingerprint density at radius 3 is 2.05 bits per heavy atom. The lowest BCUT2D eigenvalue weighted by Crippen LogP contribution is -2.33. The quantitative estimate of drug-likeness (QED) is 0.0437. The summed E-state index contributed by atoms with van der Waals surface area (Å²) in [5.74, 6) is 0.896. The van der Waals surface area contributed by atoms with E-state index >= 15 is 0 Å². The van der Waals surface area contributed by atoms with E-state index in [1.165, 1.54) is 32.1 Å². The second kappa shape index (κ2) is 16.4. The van der Waals surface area contributed by atoms with Crippen LogP contribution in [-0.2, 0) is 13.0 Å². The molecular formula is C38H45N2O4+. The summed E-state index contributed by atoms with van der Waals surface area (Å²) >= 11 is 0. The molecule has 0 amide bonds. The minimum Gasteiger partial charge on any atom is -0.494 e. The number of aromatic nitrogens is 1. The fraction of sp³-hybridized carbons (Fsp3) is 0.342. The van der Waals surface area contributed by atoms with Crippen LogP contribution in [0.4, 0.5) is 5.69 Å². The highest BCUT2D eigenvalue weighted by Crippen LogP contribution is 2.22. The summed E-state index contributed by atoms with van der Waals surface area (Å²) < 4.78 is 13.6. The molecule has 0 bridgehead atoms. The lowest BCUT2D eigenvalue weighted by atomic mass is 10.0. The molecule has 0 N–H and O–H groups in total. The Morgan fingerprint density at radius 2 is 1.39 bits per heavy atom. The van der Waals surface area contributed by atoms with Crippen LogP contribution in [-0.4, -0.2) is 32.5 Å². The molecule has 0 saturated heterocycles. The number of benzene rings is 3. The van der Waals surface area contributed by atoms with Gasteiger partial charge in [0.1, 0.15) is 11.5 Å². The van der Waals surface area contributed by atoms with Crippen molar-refractivity contribution in [1.82, 2.24) is 0 Å². The fourth-order valence-corrected chi connectivity index (χ4v) is 5.00. The van der Waals surface area contributed by atoms with Crippen LogP contribution >= 0.6 is 0 Å². The number of Topliss-reactive ketones (excluding diaryl/α,β-unsaturated/α-hetero) is 1. The number of nitrogens with zero attached hydrogens (tertiary/aromatic N) is 2. The molecule has 0 aliphatic rings. The van der Waals surface area contributed by atoms with Gasteiger partial charge in [-0.2, -0.15) is 0 Å². The Labute approximate surface area is 262 Å². The van der Waals surface area contributed by atoms with Gasteiger partial charge in [-0.1, -0.05) is 63.3 Å². The van der Waals surface area contributed by atoms with E-state index in [9.17, 15) is 9.59 Å². The summed E-state index contributed by atoms with van der Waals surface area (Å²) in [4.78, 5) is 27.8. The van der Waals surface area contributed by atoms with Crippen LogP contribution in [0, 0.1) is 6.92 Å². The van der Waals surface area contributed by atoms with Gasteiger partial charge < -0.3 is 14.4 Å². The molecule has 6 heteroatoms. The van der Waals surface area contributed by atoms with Crippen molar-refractivity contribution < 1.29 is 23.6 Å². The molecule has 0 spiro atoms. The summed E-state index contributed by atoms with van der Waals surface area (Å²) in [6, 6.07) is 24.5. The number of ether oxygens (including phenoxy) is 2. The van der Waals surface area contributed by atoms with Crippen molar-refractivity contribution in [3.05, 3.63) is 119 Å². The number of carbonyl (C=O) groups excluding carboxylic acids is 2. The van der Waals surface area contributed by atoms with Gasteiger partial charge in [0.25, 0.3) is 0 Å². The van der Waals surface area contributed by atoms with E-state index in [4.69, 9.17) is 9.47 Å². The topological polar surface area (TPSA) is 59.7 Å².